The summed E-state index contributed by atoms with van der Waals surface area (Å²) in [6.45, 7) is 4.26. The van der Waals surface area contributed by atoms with E-state index in [1.54, 1.807) is 0 Å². The van der Waals surface area contributed by atoms with E-state index in [0.717, 1.165) is 44.9 Å². The number of rotatable bonds is 3. The molecule has 3 rings (SSSR count). The SMILES string of the molecule is O=C(NC1CCN(C2CCCCC2)C1)C1CCNCC1. The minimum Gasteiger partial charge on any atom is -0.352 e. The first-order chi connectivity index (χ1) is 9.83. The van der Waals surface area contributed by atoms with Crippen LogP contribution in [-0.2, 0) is 4.79 Å². The molecular formula is C16H29N3O. The van der Waals surface area contributed by atoms with Gasteiger partial charge in [-0.1, -0.05) is 19.3 Å². The normalized spacial score (nSPS) is 30.5. The highest BCUT2D eigenvalue weighted by atomic mass is 16.2. The largest absolute Gasteiger partial charge is 0.352 e. The highest BCUT2D eigenvalue weighted by Crippen LogP contribution is 2.25. The number of amides is 1. The lowest BCUT2D eigenvalue weighted by molar-refractivity contribution is -0.126. The minimum absolute atomic E-state index is 0.250. The molecule has 2 heterocycles. The maximum absolute atomic E-state index is 12.3. The molecule has 1 unspecified atom stereocenters. The molecule has 0 spiro atoms. The Balaban J connectivity index is 1.43. The van der Waals surface area contributed by atoms with Crippen molar-refractivity contribution in [3.05, 3.63) is 0 Å². The van der Waals surface area contributed by atoms with Crippen LogP contribution >= 0.6 is 0 Å². The van der Waals surface area contributed by atoms with Gasteiger partial charge >= 0.3 is 0 Å². The van der Waals surface area contributed by atoms with Crippen molar-refractivity contribution in [3.8, 4) is 0 Å². The number of nitrogens with zero attached hydrogens (tertiary/aromatic N) is 1. The van der Waals surface area contributed by atoms with Crippen LogP contribution < -0.4 is 10.6 Å². The fraction of sp³-hybridized carbons (Fsp3) is 0.938. The van der Waals surface area contributed by atoms with Crippen LogP contribution in [0.3, 0.4) is 0 Å². The van der Waals surface area contributed by atoms with E-state index in [-0.39, 0.29) is 5.92 Å². The second-order valence-electron chi connectivity index (χ2n) is 6.81. The van der Waals surface area contributed by atoms with Crippen molar-refractivity contribution >= 4 is 5.91 Å². The van der Waals surface area contributed by atoms with Crippen LogP contribution in [0.4, 0.5) is 0 Å². The number of nitrogens with one attached hydrogen (secondary N) is 2. The zero-order valence-electron chi connectivity index (χ0n) is 12.6. The summed E-state index contributed by atoms with van der Waals surface area (Å²) in [4.78, 5) is 14.9. The van der Waals surface area contributed by atoms with Crippen molar-refractivity contribution in [1.82, 2.24) is 15.5 Å². The molecule has 2 saturated heterocycles. The molecule has 1 atom stereocenters. The van der Waals surface area contributed by atoms with E-state index in [2.05, 4.69) is 15.5 Å². The average Bonchev–Trinajstić information content (AvgIpc) is 2.97. The van der Waals surface area contributed by atoms with E-state index in [1.165, 1.54) is 38.6 Å². The predicted molar refractivity (Wildman–Crippen MR) is 80.6 cm³/mol. The van der Waals surface area contributed by atoms with Gasteiger partial charge in [0.2, 0.25) is 5.91 Å². The fourth-order valence-electron chi connectivity index (χ4n) is 4.09. The number of piperidine rings is 1. The van der Waals surface area contributed by atoms with E-state index >= 15 is 0 Å². The maximum atomic E-state index is 12.3. The molecule has 20 heavy (non-hydrogen) atoms. The zero-order chi connectivity index (χ0) is 13.8. The molecule has 0 aromatic carbocycles. The molecule has 3 aliphatic rings. The van der Waals surface area contributed by atoms with Gasteiger partial charge in [-0.15, -0.1) is 0 Å². The Bertz CT molecular complexity index is 322. The summed E-state index contributed by atoms with van der Waals surface area (Å²) >= 11 is 0. The van der Waals surface area contributed by atoms with Gasteiger partial charge in [0.15, 0.2) is 0 Å². The molecule has 1 amide bonds. The first kappa shape index (κ1) is 14.3. The van der Waals surface area contributed by atoms with Gasteiger partial charge in [0.05, 0.1) is 0 Å². The summed E-state index contributed by atoms with van der Waals surface area (Å²) in [7, 11) is 0. The van der Waals surface area contributed by atoms with Gasteiger partial charge < -0.3 is 10.6 Å². The molecule has 0 aromatic rings. The Kier molecular flexibility index (Phi) is 4.94. The lowest BCUT2D eigenvalue weighted by Gasteiger charge is -2.31. The minimum atomic E-state index is 0.250. The molecule has 114 valence electrons. The van der Waals surface area contributed by atoms with Gasteiger partial charge in [-0.3, -0.25) is 9.69 Å². The second kappa shape index (κ2) is 6.90. The maximum Gasteiger partial charge on any atom is 0.223 e. The molecule has 0 radical (unpaired) electrons. The van der Waals surface area contributed by atoms with Gasteiger partial charge in [-0.05, 0) is 45.2 Å². The summed E-state index contributed by atoms with van der Waals surface area (Å²) in [5.41, 5.74) is 0. The van der Waals surface area contributed by atoms with Crippen molar-refractivity contribution in [2.75, 3.05) is 26.2 Å². The fourth-order valence-corrected chi connectivity index (χ4v) is 4.09. The Morgan fingerprint density at radius 3 is 2.50 bits per heavy atom. The predicted octanol–water partition coefficient (Wildman–Crippen LogP) is 1.51. The third kappa shape index (κ3) is 3.53. The van der Waals surface area contributed by atoms with Crippen molar-refractivity contribution in [2.24, 2.45) is 5.92 Å². The van der Waals surface area contributed by atoms with Crippen LogP contribution in [0, 0.1) is 5.92 Å². The summed E-state index contributed by atoms with van der Waals surface area (Å²) < 4.78 is 0. The second-order valence-corrected chi connectivity index (χ2v) is 6.81. The smallest absolute Gasteiger partial charge is 0.223 e. The Labute approximate surface area is 122 Å². The van der Waals surface area contributed by atoms with E-state index in [0.29, 0.717) is 11.9 Å². The monoisotopic (exact) mass is 279 g/mol. The van der Waals surface area contributed by atoms with Crippen LogP contribution in [0.5, 0.6) is 0 Å². The quantitative estimate of drug-likeness (QED) is 0.823. The van der Waals surface area contributed by atoms with Crippen molar-refractivity contribution < 1.29 is 4.79 Å². The molecule has 2 aliphatic heterocycles. The number of likely N-dealkylation sites (tertiary alicyclic amines) is 1. The summed E-state index contributed by atoms with van der Waals surface area (Å²) in [6, 6.07) is 1.20. The molecular weight excluding hydrogens is 250 g/mol. The number of carbonyl (C=O) groups is 1. The molecule has 1 saturated carbocycles. The van der Waals surface area contributed by atoms with Crippen molar-refractivity contribution in [2.45, 2.75) is 63.5 Å². The van der Waals surface area contributed by atoms with Gasteiger partial charge in [-0.2, -0.15) is 0 Å². The summed E-state index contributed by atoms with van der Waals surface area (Å²) in [6.07, 6.45) is 10.1. The highest BCUT2D eigenvalue weighted by Gasteiger charge is 2.31. The van der Waals surface area contributed by atoms with Crippen molar-refractivity contribution in [1.29, 1.82) is 0 Å². The average molecular weight is 279 g/mol. The number of hydrogen-bond donors (Lipinski definition) is 2. The standard InChI is InChI=1S/C16H29N3O/c20-16(13-6-9-17-10-7-13)18-14-8-11-19(12-14)15-4-2-1-3-5-15/h13-15,17H,1-12H2,(H,18,20). The van der Waals surface area contributed by atoms with Gasteiger partial charge in [0, 0.05) is 31.1 Å². The van der Waals surface area contributed by atoms with E-state index < -0.39 is 0 Å². The number of carbonyl (C=O) groups excluding carboxylic acids is 1. The zero-order valence-corrected chi connectivity index (χ0v) is 12.6. The first-order valence-electron chi connectivity index (χ1n) is 8.58. The number of hydrogen-bond acceptors (Lipinski definition) is 3. The molecule has 2 N–H and O–H groups in total. The third-order valence-corrected chi connectivity index (χ3v) is 5.37. The van der Waals surface area contributed by atoms with Crippen molar-refractivity contribution in [3.63, 3.8) is 0 Å². The van der Waals surface area contributed by atoms with E-state index in [1.807, 2.05) is 0 Å². The summed E-state index contributed by atoms with van der Waals surface area (Å²) in [5, 5.41) is 6.63. The van der Waals surface area contributed by atoms with Gasteiger partial charge in [0.1, 0.15) is 0 Å². The molecule has 1 aliphatic carbocycles. The van der Waals surface area contributed by atoms with Crippen LogP contribution in [0.1, 0.15) is 51.4 Å². The van der Waals surface area contributed by atoms with Gasteiger partial charge in [0.25, 0.3) is 0 Å². The van der Waals surface area contributed by atoms with Gasteiger partial charge in [-0.25, -0.2) is 0 Å². The Hall–Kier alpha value is -0.610. The Morgan fingerprint density at radius 2 is 1.75 bits per heavy atom. The highest BCUT2D eigenvalue weighted by molar-refractivity contribution is 5.79. The first-order valence-corrected chi connectivity index (χ1v) is 8.58. The lowest BCUT2D eigenvalue weighted by Crippen LogP contribution is -2.44. The Morgan fingerprint density at radius 1 is 1.00 bits per heavy atom. The lowest BCUT2D eigenvalue weighted by atomic mass is 9.94. The third-order valence-electron chi connectivity index (χ3n) is 5.37. The molecule has 3 fully saturated rings. The van der Waals surface area contributed by atoms with Crippen LogP contribution in [0.15, 0.2) is 0 Å². The van der Waals surface area contributed by atoms with E-state index in [4.69, 9.17) is 0 Å². The molecule has 4 nitrogen and oxygen atoms in total. The molecule has 0 aromatic heterocycles. The van der Waals surface area contributed by atoms with Crippen LogP contribution in [0.2, 0.25) is 0 Å². The molecule has 4 heteroatoms. The molecule has 0 bridgehead atoms. The van der Waals surface area contributed by atoms with Crippen LogP contribution in [-0.4, -0.2) is 49.1 Å². The van der Waals surface area contributed by atoms with E-state index in [9.17, 15) is 4.79 Å². The van der Waals surface area contributed by atoms with Crippen LogP contribution in [0.25, 0.3) is 0 Å². The summed E-state index contributed by atoms with van der Waals surface area (Å²) in [5.74, 6) is 0.557. The topological polar surface area (TPSA) is 44.4 Å².